The van der Waals surface area contributed by atoms with Crippen molar-refractivity contribution in [2.45, 2.75) is 38.3 Å². The van der Waals surface area contributed by atoms with Crippen LogP contribution in [0.1, 0.15) is 32.1 Å². The molecule has 0 spiro atoms. The van der Waals surface area contributed by atoms with Crippen LogP contribution in [0.15, 0.2) is 29.2 Å². The predicted octanol–water partition coefficient (Wildman–Crippen LogP) is 3.59. The van der Waals surface area contributed by atoms with Gasteiger partial charge in [-0.2, -0.15) is 17.7 Å². The second-order valence-electron chi connectivity index (χ2n) is 10.3. The third kappa shape index (κ3) is 6.76. The molecule has 0 amide bonds. The first-order valence-corrected chi connectivity index (χ1v) is 14.8. The Morgan fingerprint density at radius 2 is 1.93 bits per heavy atom. The number of pyridine rings is 1. The molecule has 1 aromatic carbocycles. The lowest BCUT2D eigenvalue weighted by molar-refractivity contribution is 0.343. The van der Waals surface area contributed by atoms with Gasteiger partial charge >= 0.3 is 10.2 Å². The molecule has 2 aromatic heterocycles. The second-order valence-corrected chi connectivity index (χ2v) is 12.0. The lowest BCUT2D eigenvalue weighted by Gasteiger charge is -2.22. The number of halogens is 4. The molecule has 10 nitrogen and oxygen atoms in total. The minimum absolute atomic E-state index is 0. The average Bonchev–Trinajstić information content (AvgIpc) is 3.39. The maximum atomic E-state index is 15.5. The van der Waals surface area contributed by atoms with Crippen LogP contribution >= 0.6 is 12.4 Å². The number of benzene rings is 1. The Labute approximate surface area is 242 Å². The van der Waals surface area contributed by atoms with E-state index in [1.165, 1.54) is 36.7 Å². The quantitative estimate of drug-likeness (QED) is 0.315. The van der Waals surface area contributed by atoms with Crippen LogP contribution in [-0.2, 0) is 17.3 Å². The monoisotopic (exact) mass is 615 g/mol. The van der Waals surface area contributed by atoms with Gasteiger partial charge in [0.25, 0.3) is 5.56 Å². The van der Waals surface area contributed by atoms with Gasteiger partial charge in [-0.3, -0.25) is 14.1 Å². The van der Waals surface area contributed by atoms with Crippen LogP contribution in [0.25, 0.3) is 22.2 Å². The molecule has 224 valence electrons. The summed E-state index contributed by atoms with van der Waals surface area (Å²) in [4.78, 5) is 22.0. The molecule has 3 aromatic rings. The molecule has 5 rings (SSSR count). The summed E-state index contributed by atoms with van der Waals surface area (Å²) in [6.07, 6.45) is 4.57. The minimum atomic E-state index is -4.29. The summed E-state index contributed by atoms with van der Waals surface area (Å²) in [5, 5.41) is 6.90. The Balaban J connectivity index is 0.00000387. The van der Waals surface area contributed by atoms with Gasteiger partial charge in [0, 0.05) is 38.3 Å². The van der Waals surface area contributed by atoms with Crippen LogP contribution in [0.4, 0.5) is 24.8 Å². The first-order chi connectivity index (χ1) is 19.1. The van der Waals surface area contributed by atoms with Crippen molar-refractivity contribution in [3.8, 4) is 11.1 Å². The molecule has 0 radical (unpaired) electrons. The molecule has 0 aliphatic carbocycles. The van der Waals surface area contributed by atoms with Gasteiger partial charge in [0.2, 0.25) is 5.95 Å². The smallest absolute Gasteiger partial charge is 0.301 e. The third-order valence-corrected chi connectivity index (χ3v) is 9.00. The normalized spacial score (nSPS) is 18.4. The number of rotatable bonds is 9. The van der Waals surface area contributed by atoms with Crippen molar-refractivity contribution in [3.63, 3.8) is 0 Å². The maximum absolute atomic E-state index is 15.5. The van der Waals surface area contributed by atoms with Gasteiger partial charge in [-0.1, -0.05) is 0 Å². The van der Waals surface area contributed by atoms with Crippen molar-refractivity contribution in [2.24, 2.45) is 13.0 Å². The van der Waals surface area contributed by atoms with Crippen LogP contribution in [0.5, 0.6) is 0 Å². The first kappa shape index (κ1) is 31.0. The first-order valence-electron chi connectivity index (χ1n) is 13.4. The van der Waals surface area contributed by atoms with Crippen molar-refractivity contribution in [1.29, 1.82) is 0 Å². The summed E-state index contributed by atoms with van der Waals surface area (Å²) < 4.78 is 73.3. The lowest BCUT2D eigenvalue weighted by Crippen LogP contribution is -2.34. The van der Waals surface area contributed by atoms with Crippen LogP contribution in [0, 0.1) is 17.6 Å². The number of hydrogen-bond acceptors (Lipinski definition) is 7. The fraction of sp³-hybridized carbons (Fsp3) is 0.500. The van der Waals surface area contributed by atoms with E-state index in [1.807, 2.05) is 0 Å². The molecule has 2 fully saturated rings. The fourth-order valence-electron chi connectivity index (χ4n) is 5.26. The predicted molar refractivity (Wildman–Crippen MR) is 154 cm³/mol. The number of fused-ring (bicyclic) bond motifs is 1. The Bertz CT molecular complexity index is 1570. The largest absolute Gasteiger partial charge is 0.354 e. The molecule has 1 atom stereocenters. The zero-order valence-corrected chi connectivity index (χ0v) is 24.1. The topological polar surface area (TPSA) is 121 Å². The minimum Gasteiger partial charge on any atom is -0.354 e. The van der Waals surface area contributed by atoms with Crippen LogP contribution in [0.3, 0.4) is 0 Å². The Hall–Kier alpha value is -2.94. The fourth-order valence-corrected chi connectivity index (χ4v) is 6.53. The van der Waals surface area contributed by atoms with E-state index in [4.69, 9.17) is 0 Å². The Morgan fingerprint density at radius 1 is 1.17 bits per heavy atom. The zero-order valence-electron chi connectivity index (χ0n) is 22.5. The number of hydrogen-bond donors (Lipinski definition) is 3. The summed E-state index contributed by atoms with van der Waals surface area (Å²) in [6.45, 7) is 2.35. The summed E-state index contributed by atoms with van der Waals surface area (Å²) in [6, 6.07) is 3.08. The molecule has 4 heterocycles. The third-order valence-electron chi connectivity index (χ3n) is 7.51. The zero-order chi connectivity index (χ0) is 28.4. The van der Waals surface area contributed by atoms with E-state index in [0.29, 0.717) is 23.8 Å². The summed E-state index contributed by atoms with van der Waals surface area (Å²) in [5.74, 6) is -1.26. The van der Waals surface area contributed by atoms with E-state index >= 15 is 4.39 Å². The van der Waals surface area contributed by atoms with Gasteiger partial charge < -0.3 is 10.6 Å². The number of anilines is 2. The number of nitrogens with one attached hydrogen (secondary N) is 3. The van der Waals surface area contributed by atoms with Crippen molar-refractivity contribution in [1.82, 2.24) is 24.2 Å². The van der Waals surface area contributed by atoms with E-state index in [-0.39, 0.29) is 43.1 Å². The highest BCUT2D eigenvalue weighted by molar-refractivity contribution is 7.90. The van der Waals surface area contributed by atoms with Gasteiger partial charge in [0.05, 0.1) is 16.8 Å². The summed E-state index contributed by atoms with van der Waals surface area (Å²) in [7, 11) is -2.85. The Morgan fingerprint density at radius 3 is 2.63 bits per heavy atom. The second kappa shape index (κ2) is 12.9. The maximum Gasteiger partial charge on any atom is 0.301 e. The van der Waals surface area contributed by atoms with Crippen molar-refractivity contribution >= 4 is 45.3 Å². The standard InChI is InChI=1S/C26H32F3N7O3S.ClH/c1-35-24-17(14-32-26(33-24)31-9-2-3-16-6-10-30-11-7-16)13-19(25(35)37)22-20(28)4-5-21(23(22)29)34-40(38,39)36-12-8-18(27)15-36;/h4-5,13-14,16,18,30,34H,2-3,6-12,15H2,1H3,(H,31,32,33);1H. The lowest BCUT2D eigenvalue weighted by atomic mass is 9.93. The van der Waals surface area contributed by atoms with Gasteiger partial charge in [0.15, 0.2) is 5.82 Å². The highest BCUT2D eigenvalue weighted by Crippen LogP contribution is 2.31. The van der Waals surface area contributed by atoms with Crippen LogP contribution in [0.2, 0.25) is 0 Å². The van der Waals surface area contributed by atoms with Gasteiger partial charge in [-0.15, -0.1) is 12.4 Å². The SMILES string of the molecule is Cl.Cn1c(=O)c(-c2c(F)ccc(NS(=O)(=O)N3CCC(F)C3)c2F)cc2cnc(NCCCC3CCNCC3)nc21. The van der Waals surface area contributed by atoms with Gasteiger partial charge in [-0.05, 0) is 69.3 Å². The molecule has 2 saturated heterocycles. The van der Waals surface area contributed by atoms with Crippen molar-refractivity contribution < 1.29 is 21.6 Å². The molecular weight excluding hydrogens is 583 g/mol. The van der Waals surface area contributed by atoms with Crippen molar-refractivity contribution in [3.05, 3.63) is 46.4 Å². The molecular formula is C26H33ClF3N7O3S. The number of alkyl halides is 1. The number of aromatic nitrogens is 3. The van der Waals surface area contributed by atoms with Crippen LogP contribution < -0.4 is 20.9 Å². The highest BCUT2D eigenvalue weighted by atomic mass is 35.5. The number of nitrogens with zero attached hydrogens (tertiary/aromatic N) is 4. The van der Waals surface area contributed by atoms with Crippen molar-refractivity contribution in [2.75, 3.05) is 42.8 Å². The van der Waals surface area contributed by atoms with Crippen LogP contribution in [-0.4, -0.2) is 66.2 Å². The van der Waals surface area contributed by atoms with E-state index in [1.54, 1.807) is 0 Å². The molecule has 41 heavy (non-hydrogen) atoms. The highest BCUT2D eigenvalue weighted by Gasteiger charge is 2.32. The molecule has 15 heteroatoms. The van der Waals surface area contributed by atoms with E-state index in [9.17, 15) is 22.0 Å². The van der Waals surface area contributed by atoms with E-state index in [0.717, 1.165) is 42.4 Å². The summed E-state index contributed by atoms with van der Waals surface area (Å²) >= 11 is 0. The number of piperidine rings is 1. The van der Waals surface area contributed by atoms with Gasteiger partial charge in [0.1, 0.15) is 17.6 Å². The summed E-state index contributed by atoms with van der Waals surface area (Å²) in [5.41, 5.74) is -2.01. The Kier molecular flexibility index (Phi) is 9.77. The van der Waals surface area contributed by atoms with E-state index < -0.39 is 44.8 Å². The van der Waals surface area contributed by atoms with E-state index in [2.05, 4.69) is 25.3 Å². The van der Waals surface area contributed by atoms with Gasteiger partial charge in [-0.25, -0.2) is 18.2 Å². The molecule has 0 saturated carbocycles. The molecule has 0 bridgehead atoms. The molecule has 1 unspecified atom stereocenters. The number of aryl methyl sites for hydroxylation is 1. The molecule has 2 aliphatic heterocycles. The average molecular weight is 616 g/mol. The molecule has 2 aliphatic rings. The molecule has 3 N–H and O–H groups in total.